The third-order valence-corrected chi connectivity index (χ3v) is 4.58. The van der Waals surface area contributed by atoms with Crippen LogP contribution in [0.2, 0.25) is 0 Å². The first-order valence-electron chi connectivity index (χ1n) is 7.99. The number of carbonyl (C=O) groups is 2. The molecule has 0 saturated carbocycles. The summed E-state index contributed by atoms with van der Waals surface area (Å²) in [6, 6.07) is 7.13. The molecule has 2 aromatic rings. The van der Waals surface area contributed by atoms with Gasteiger partial charge in [-0.3, -0.25) is 9.59 Å². The van der Waals surface area contributed by atoms with Crippen LogP contribution in [0.25, 0.3) is 0 Å². The number of hydrogen-bond donors (Lipinski definition) is 0. The Hall–Kier alpha value is -2.91. The first-order valence-corrected chi connectivity index (χ1v) is 7.99. The molecule has 0 fully saturated rings. The van der Waals surface area contributed by atoms with Crippen LogP contribution in [0.3, 0.4) is 0 Å². The normalized spacial score (nSPS) is 16.7. The smallest absolute Gasteiger partial charge is 0.332 e. The average Bonchev–Trinajstić information content (AvgIpc) is 3.16. The zero-order chi connectivity index (χ0) is 18.5. The van der Waals surface area contributed by atoms with Crippen LogP contribution in [-0.2, 0) is 30.6 Å². The number of halogens is 3. The lowest BCUT2D eigenvalue weighted by atomic mass is 10.1. The third kappa shape index (κ3) is 2.71. The van der Waals surface area contributed by atoms with Crippen LogP contribution in [0.1, 0.15) is 27.6 Å². The van der Waals surface area contributed by atoms with Crippen molar-refractivity contribution in [1.29, 1.82) is 0 Å². The van der Waals surface area contributed by atoms with E-state index in [0.29, 0.717) is 12.1 Å². The van der Waals surface area contributed by atoms with Gasteiger partial charge in [-0.15, -0.1) is 10.2 Å². The molecule has 7 nitrogen and oxygen atoms in total. The Morgan fingerprint density at radius 3 is 2.62 bits per heavy atom. The second kappa shape index (κ2) is 5.82. The van der Waals surface area contributed by atoms with Crippen molar-refractivity contribution in [3.63, 3.8) is 0 Å². The number of carbonyl (C=O) groups excluding carboxylic acids is 2. The van der Waals surface area contributed by atoms with Gasteiger partial charge in [0.05, 0.1) is 6.54 Å². The second-order valence-corrected chi connectivity index (χ2v) is 6.22. The fourth-order valence-electron chi connectivity index (χ4n) is 3.29. The summed E-state index contributed by atoms with van der Waals surface area (Å²) in [5.74, 6) is -1.50. The maximum absolute atomic E-state index is 12.9. The quantitative estimate of drug-likeness (QED) is 0.804. The molecular formula is C16H14F3N5O2. The summed E-state index contributed by atoms with van der Waals surface area (Å²) in [7, 11) is 0. The minimum absolute atomic E-state index is 0.0307. The van der Waals surface area contributed by atoms with Gasteiger partial charge >= 0.3 is 6.18 Å². The van der Waals surface area contributed by atoms with E-state index in [1.165, 1.54) is 9.80 Å². The van der Waals surface area contributed by atoms with Gasteiger partial charge in [-0.1, -0.05) is 18.2 Å². The van der Waals surface area contributed by atoms with E-state index in [2.05, 4.69) is 10.2 Å². The van der Waals surface area contributed by atoms with Crippen molar-refractivity contribution in [2.24, 2.45) is 0 Å². The molecule has 0 spiro atoms. The number of hydrogen-bond acceptors (Lipinski definition) is 4. The summed E-state index contributed by atoms with van der Waals surface area (Å²) in [5, 5.41) is 6.74. The molecular weight excluding hydrogens is 351 g/mol. The predicted molar refractivity (Wildman–Crippen MR) is 81.6 cm³/mol. The minimum Gasteiger partial charge on any atom is -0.332 e. The molecule has 0 unspecified atom stereocenters. The Labute approximate surface area is 146 Å². The highest BCUT2D eigenvalue weighted by Gasteiger charge is 2.40. The van der Waals surface area contributed by atoms with E-state index < -0.39 is 12.0 Å². The summed E-state index contributed by atoms with van der Waals surface area (Å²) < 4.78 is 39.6. The average molecular weight is 365 g/mol. The number of amides is 2. The number of nitrogens with zero attached hydrogens (tertiary/aromatic N) is 5. The summed E-state index contributed by atoms with van der Waals surface area (Å²) in [6.07, 6.45) is -4.58. The van der Waals surface area contributed by atoms with Gasteiger partial charge in [0.2, 0.25) is 11.7 Å². The maximum atomic E-state index is 12.9. The molecule has 1 aromatic heterocycles. The molecule has 0 aliphatic carbocycles. The van der Waals surface area contributed by atoms with Crippen molar-refractivity contribution in [2.45, 2.75) is 25.8 Å². The van der Waals surface area contributed by atoms with E-state index in [1.54, 1.807) is 12.1 Å². The Balaban J connectivity index is 1.45. The highest BCUT2D eigenvalue weighted by atomic mass is 19.4. The number of fused-ring (bicyclic) bond motifs is 2. The summed E-state index contributed by atoms with van der Waals surface area (Å²) in [5.41, 5.74) is 1.44. The Morgan fingerprint density at radius 1 is 1.12 bits per heavy atom. The van der Waals surface area contributed by atoms with E-state index >= 15 is 0 Å². The largest absolute Gasteiger partial charge is 0.451 e. The topological polar surface area (TPSA) is 71.3 Å². The fourth-order valence-corrected chi connectivity index (χ4v) is 3.29. The van der Waals surface area contributed by atoms with Crippen molar-refractivity contribution in [3.8, 4) is 0 Å². The molecule has 0 N–H and O–H groups in total. The van der Waals surface area contributed by atoms with Crippen molar-refractivity contribution >= 4 is 11.8 Å². The van der Waals surface area contributed by atoms with Crippen LogP contribution in [0.15, 0.2) is 24.3 Å². The van der Waals surface area contributed by atoms with Crippen molar-refractivity contribution in [1.82, 2.24) is 24.6 Å². The van der Waals surface area contributed by atoms with Crippen LogP contribution in [0.5, 0.6) is 0 Å². The van der Waals surface area contributed by atoms with E-state index in [0.717, 1.165) is 10.1 Å². The monoisotopic (exact) mass is 365 g/mol. The van der Waals surface area contributed by atoms with E-state index in [-0.39, 0.29) is 43.8 Å². The molecule has 2 aliphatic rings. The lowest BCUT2D eigenvalue weighted by Crippen LogP contribution is -2.44. The Morgan fingerprint density at radius 2 is 1.88 bits per heavy atom. The van der Waals surface area contributed by atoms with E-state index in [1.807, 2.05) is 12.1 Å². The first-order chi connectivity index (χ1) is 12.3. The van der Waals surface area contributed by atoms with Crippen LogP contribution in [0, 0.1) is 0 Å². The van der Waals surface area contributed by atoms with E-state index in [9.17, 15) is 22.8 Å². The zero-order valence-corrected chi connectivity index (χ0v) is 13.5. The van der Waals surface area contributed by atoms with Crippen molar-refractivity contribution in [2.75, 3.05) is 13.1 Å². The number of benzene rings is 1. The molecule has 10 heteroatoms. The zero-order valence-electron chi connectivity index (χ0n) is 13.5. The lowest BCUT2D eigenvalue weighted by molar-refractivity contribution is -0.148. The van der Waals surface area contributed by atoms with Crippen LogP contribution in [0.4, 0.5) is 13.2 Å². The van der Waals surface area contributed by atoms with Crippen molar-refractivity contribution in [3.05, 3.63) is 47.0 Å². The molecule has 1 aromatic carbocycles. The van der Waals surface area contributed by atoms with Gasteiger partial charge in [-0.05, 0) is 11.6 Å². The van der Waals surface area contributed by atoms with Gasteiger partial charge in [-0.25, -0.2) is 0 Å². The van der Waals surface area contributed by atoms with Gasteiger partial charge < -0.3 is 14.4 Å². The fraction of sp³-hybridized carbons (Fsp3) is 0.375. The molecule has 4 rings (SSSR count). The van der Waals surface area contributed by atoms with Crippen LogP contribution >= 0.6 is 0 Å². The summed E-state index contributed by atoms with van der Waals surface area (Å²) in [4.78, 5) is 27.7. The van der Waals surface area contributed by atoms with Gasteiger partial charge in [-0.2, -0.15) is 13.2 Å². The second-order valence-electron chi connectivity index (χ2n) is 6.22. The molecule has 2 amide bonds. The van der Waals surface area contributed by atoms with Gasteiger partial charge in [0.1, 0.15) is 6.54 Å². The maximum Gasteiger partial charge on any atom is 0.451 e. The predicted octanol–water partition coefficient (Wildman–Crippen LogP) is 1.30. The van der Waals surface area contributed by atoms with Crippen LogP contribution < -0.4 is 0 Å². The first kappa shape index (κ1) is 16.6. The standard InChI is InChI=1S/C16H14F3N5O2/c17-16(18,19)15-21-20-12-8-22(5-6-24(12)15)13(25)9-23-7-10-3-1-2-4-11(10)14(23)26/h1-4H,5-9H2. The molecule has 3 heterocycles. The molecule has 0 bridgehead atoms. The summed E-state index contributed by atoms with van der Waals surface area (Å²) in [6.45, 7) is 0.257. The highest BCUT2D eigenvalue weighted by molar-refractivity contribution is 6.00. The summed E-state index contributed by atoms with van der Waals surface area (Å²) >= 11 is 0. The molecule has 0 atom stereocenters. The number of alkyl halides is 3. The molecule has 0 saturated heterocycles. The van der Waals surface area contributed by atoms with E-state index in [4.69, 9.17) is 0 Å². The minimum atomic E-state index is -4.58. The van der Waals surface area contributed by atoms with Gasteiger partial charge in [0.25, 0.3) is 5.91 Å². The van der Waals surface area contributed by atoms with Gasteiger partial charge in [0.15, 0.2) is 5.82 Å². The third-order valence-electron chi connectivity index (χ3n) is 4.58. The number of rotatable bonds is 2. The molecule has 26 heavy (non-hydrogen) atoms. The lowest BCUT2D eigenvalue weighted by Gasteiger charge is -2.29. The molecule has 136 valence electrons. The number of aromatic nitrogens is 3. The van der Waals surface area contributed by atoms with Crippen LogP contribution in [-0.4, -0.2) is 49.5 Å². The van der Waals surface area contributed by atoms with Gasteiger partial charge in [0, 0.05) is 25.2 Å². The SMILES string of the molecule is O=C(CN1Cc2ccccc2C1=O)N1CCn2c(nnc2C(F)(F)F)C1. The Bertz CT molecular complexity index is 892. The molecule has 2 aliphatic heterocycles. The van der Waals surface area contributed by atoms with Crippen molar-refractivity contribution < 1.29 is 22.8 Å². The molecule has 0 radical (unpaired) electrons. The highest BCUT2D eigenvalue weighted by Crippen LogP contribution is 2.29. The Kier molecular flexibility index (Phi) is 3.70.